The molecule has 0 aliphatic heterocycles. The summed E-state index contributed by atoms with van der Waals surface area (Å²) in [6, 6.07) is -1.58. The standard InChI is InChI=1S/C51H90NO10P/c1-3-5-7-9-11-13-15-17-19-21-22-23-24-25-27-29-31-33-35-37-39-41-43-50(55)60-44-47(53)45-61-63(58,59)62-46-48(51(56)57)52-49(54)42-40-38-36-34-32-30-28-26-20-18-16-14-12-10-8-6-4-2/h6,8,12,14,18,20,28,30,34,36,47-48,53H,3-5,7,9-11,13,15-17,19,21-27,29,31-33,35,37-46H2,1-2H3,(H,52,54)(H,56,57)(H,58,59)/b8-6-,14-12-,20-18-,30-28-,36-34-. The minimum Gasteiger partial charge on any atom is -0.480 e. The fraction of sp³-hybridized carbons (Fsp3) is 0.745. The number of rotatable bonds is 46. The first-order chi connectivity index (χ1) is 30.6. The molecule has 0 aromatic rings. The van der Waals surface area contributed by atoms with Crippen molar-refractivity contribution >= 4 is 25.7 Å². The zero-order chi connectivity index (χ0) is 46.3. The van der Waals surface area contributed by atoms with E-state index >= 15 is 0 Å². The highest BCUT2D eigenvalue weighted by atomic mass is 31.2. The number of nitrogens with one attached hydrogen (secondary N) is 1. The van der Waals surface area contributed by atoms with Crippen molar-refractivity contribution in [2.45, 2.75) is 225 Å². The normalized spacial score (nSPS) is 14.1. The van der Waals surface area contributed by atoms with Gasteiger partial charge in [-0.15, -0.1) is 0 Å². The summed E-state index contributed by atoms with van der Waals surface area (Å²) in [6.07, 6.45) is 54.1. The van der Waals surface area contributed by atoms with Crippen LogP contribution in [0.5, 0.6) is 0 Å². The number of esters is 1. The lowest BCUT2D eigenvalue weighted by molar-refractivity contribution is -0.147. The van der Waals surface area contributed by atoms with Crippen LogP contribution in [-0.2, 0) is 32.7 Å². The topological polar surface area (TPSA) is 169 Å². The molecule has 11 nitrogen and oxygen atoms in total. The van der Waals surface area contributed by atoms with Crippen LogP contribution >= 0.6 is 7.82 Å². The first kappa shape index (κ1) is 60.2. The number of unbranched alkanes of at least 4 members (excludes halogenated alkanes) is 22. The van der Waals surface area contributed by atoms with Gasteiger partial charge in [0, 0.05) is 12.8 Å². The number of allylic oxidation sites excluding steroid dienone is 10. The Hall–Kier alpha value is -2.82. The number of carboxylic acids is 1. The van der Waals surface area contributed by atoms with E-state index in [0.717, 1.165) is 51.4 Å². The van der Waals surface area contributed by atoms with Crippen molar-refractivity contribution in [1.29, 1.82) is 0 Å². The van der Waals surface area contributed by atoms with Crippen LogP contribution in [0, 0.1) is 0 Å². The molecule has 0 radical (unpaired) electrons. The number of carboxylic acid groups (broad SMARTS) is 1. The third kappa shape index (κ3) is 45.5. The Morgan fingerprint density at radius 1 is 0.524 bits per heavy atom. The van der Waals surface area contributed by atoms with E-state index in [0.29, 0.717) is 19.3 Å². The number of hydrogen-bond acceptors (Lipinski definition) is 8. The zero-order valence-electron chi connectivity index (χ0n) is 39.6. The van der Waals surface area contributed by atoms with Crippen LogP contribution in [0.4, 0.5) is 0 Å². The molecule has 364 valence electrons. The second-order valence-corrected chi connectivity index (χ2v) is 18.1. The van der Waals surface area contributed by atoms with Crippen LogP contribution in [0.3, 0.4) is 0 Å². The minimum absolute atomic E-state index is 0.0654. The maximum atomic E-state index is 12.3. The molecular formula is C51H90NO10P. The van der Waals surface area contributed by atoms with Crippen molar-refractivity contribution < 1.29 is 47.8 Å². The predicted molar refractivity (Wildman–Crippen MR) is 258 cm³/mol. The maximum absolute atomic E-state index is 12.3. The molecule has 12 heteroatoms. The largest absolute Gasteiger partial charge is 0.480 e. The third-order valence-electron chi connectivity index (χ3n) is 10.6. The van der Waals surface area contributed by atoms with Gasteiger partial charge in [-0.25, -0.2) is 9.36 Å². The van der Waals surface area contributed by atoms with Gasteiger partial charge in [0.2, 0.25) is 5.91 Å². The summed E-state index contributed by atoms with van der Waals surface area (Å²) in [6.45, 7) is 2.46. The van der Waals surface area contributed by atoms with E-state index in [9.17, 15) is 34.1 Å². The number of ether oxygens (including phenoxy) is 1. The molecule has 4 N–H and O–H groups in total. The Kier molecular flexibility index (Phi) is 43.7. The van der Waals surface area contributed by atoms with Crippen molar-refractivity contribution in [2.75, 3.05) is 19.8 Å². The zero-order valence-corrected chi connectivity index (χ0v) is 40.5. The van der Waals surface area contributed by atoms with E-state index in [4.69, 9.17) is 13.8 Å². The van der Waals surface area contributed by atoms with Gasteiger partial charge in [-0.2, -0.15) is 0 Å². The summed E-state index contributed by atoms with van der Waals surface area (Å²) in [4.78, 5) is 46.0. The Morgan fingerprint density at radius 3 is 1.35 bits per heavy atom. The van der Waals surface area contributed by atoms with E-state index < -0.39 is 57.6 Å². The molecule has 0 bridgehead atoms. The van der Waals surface area contributed by atoms with Crippen LogP contribution in [0.25, 0.3) is 0 Å². The van der Waals surface area contributed by atoms with Gasteiger partial charge in [0.05, 0.1) is 13.2 Å². The van der Waals surface area contributed by atoms with Gasteiger partial charge in [-0.3, -0.25) is 18.6 Å². The van der Waals surface area contributed by atoms with E-state index in [1.807, 2.05) is 12.2 Å². The number of carbonyl (C=O) groups excluding carboxylic acids is 2. The SMILES string of the molecule is CC/C=C\C/C=C\C/C=C\C/C=C\C/C=C\CCCC(=O)NC(COP(=O)(O)OCC(O)COC(=O)CCCCCCCCCCCCCCCCCCCCCCCC)C(=O)O. The molecule has 0 aromatic carbocycles. The predicted octanol–water partition coefficient (Wildman–Crippen LogP) is 13.5. The molecular weight excluding hydrogens is 818 g/mol. The summed E-state index contributed by atoms with van der Waals surface area (Å²) >= 11 is 0. The second kappa shape index (κ2) is 45.7. The van der Waals surface area contributed by atoms with Gasteiger partial charge in [-0.05, 0) is 51.4 Å². The molecule has 0 fully saturated rings. The lowest BCUT2D eigenvalue weighted by Crippen LogP contribution is -2.43. The highest BCUT2D eigenvalue weighted by Crippen LogP contribution is 2.43. The summed E-state index contributed by atoms with van der Waals surface area (Å²) in [5.74, 6) is -2.45. The number of aliphatic carboxylic acids is 1. The third-order valence-corrected chi connectivity index (χ3v) is 11.5. The van der Waals surface area contributed by atoms with E-state index in [2.05, 4.69) is 67.8 Å². The van der Waals surface area contributed by atoms with Crippen molar-refractivity contribution in [1.82, 2.24) is 5.32 Å². The molecule has 3 atom stereocenters. The molecule has 0 heterocycles. The summed E-state index contributed by atoms with van der Waals surface area (Å²) in [7, 11) is -4.78. The first-order valence-corrected chi connectivity index (χ1v) is 26.3. The number of phosphoric ester groups is 1. The van der Waals surface area contributed by atoms with Crippen LogP contribution in [-0.4, -0.2) is 64.9 Å². The number of phosphoric acid groups is 1. The molecule has 0 aliphatic rings. The van der Waals surface area contributed by atoms with Crippen LogP contribution in [0.1, 0.15) is 213 Å². The molecule has 0 rings (SSSR count). The summed E-state index contributed by atoms with van der Waals surface area (Å²) in [5.41, 5.74) is 0. The maximum Gasteiger partial charge on any atom is 0.472 e. The smallest absolute Gasteiger partial charge is 0.472 e. The molecule has 63 heavy (non-hydrogen) atoms. The van der Waals surface area contributed by atoms with Crippen LogP contribution in [0.2, 0.25) is 0 Å². The Morgan fingerprint density at radius 2 is 0.921 bits per heavy atom. The second-order valence-electron chi connectivity index (χ2n) is 16.6. The van der Waals surface area contributed by atoms with Crippen LogP contribution in [0.15, 0.2) is 60.8 Å². The van der Waals surface area contributed by atoms with Crippen molar-refractivity contribution in [3.8, 4) is 0 Å². The van der Waals surface area contributed by atoms with Gasteiger partial charge in [0.15, 0.2) is 6.04 Å². The summed E-state index contributed by atoms with van der Waals surface area (Å²) in [5, 5.41) is 21.8. The molecule has 0 spiro atoms. The Balaban J connectivity index is 3.87. The quantitative estimate of drug-likeness (QED) is 0.0200. The van der Waals surface area contributed by atoms with E-state index in [1.54, 1.807) is 0 Å². The number of aliphatic hydroxyl groups excluding tert-OH is 1. The summed E-state index contributed by atoms with van der Waals surface area (Å²) < 4.78 is 26.9. The number of amides is 1. The molecule has 1 amide bonds. The highest BCUT2D eigenvalue weighted by molar-refractivity contribution is 7.47. The number of carbonyl (C=O) groups is 3. The Bertz CT molecular complexity index is 1300. The average molecular weight is 908 g/mol. The minimum atomic E-state index is -4.78. The van der Waals surface area contributed by atoms with E-state index in [1.165, 1.54) is 116 Å². The number of hydrogen-bond donors (Lipinski definition) is 4. The van der Waals surface area contributed by atoms with Crippen molar-refractivity contribution in [2.24, 2.45) is 0 Å². The lowest BCUT2D eigenvalue weighted by atomic mass is 10.0. The Labute approximate surface area is 383 Å². The highest BCUT2D eigenvalue weighted by Gasteiger charge is 2.28. The van der Waals surface area contributed by atoms with Gasteiger partial charge < -0.3 is 25.2 Å². The van der Waals surface area contributed by atoms with Crippen molar-refractivity contribution in [3.05, 3.63) is 60.8 Å². The van der Waals surface area contributed by atoms with Gasteiger partial charge in [0.1, 0.15) is 12.7 Å². The van der Waals surface area contributed by atoms with Gasteiger partial charge in [0.25, 0.3) is 0 Å². The first-order valence-electron chi connectivity index (χ1n) is 24.8. The monoisotopic (exact) mass is 908 g/mol. The molecule has 3 unspecified atom stereocenters. The fourth-order valence-electron chi connectivity index (χ4n) is 6.76. The molecule has 0 saturated carbocycles. The number of aliphatic hydroxyl groups is 1. The van der Waals surface area contributed by atoms with Crippen molar-refractivity contribution in [3.63, 3.8) is 0 Å². The van der Waals surface area contributed by atoms with E-state index in [-0.39, 0.29) is 12.8 Å². The molecule has 0 saturated heterocycles. The van der Waals surface area contributed by atoms with Gasteiger partial charge >= 0.3 is 19.8 Å². The lowest BCUT2D eigenvalue weighted by Gasteiger charge is -2.18. The average Bonchev–Trinajstić information content (AvgIpc) is 3.26. The van der Waals surface area contributed by atoms with Gasteiger partial charge in [-0.1, -0.05) is 209 Å². The fourth-order valence-corrected chi connectivity index (χ4v) is 7.54. The molecule has 0 aliphatic carbocycles. The molecule has 0 aromatic heterocycles. The van der Waals surface area contributed by atoms with Crippen LogP contribution < -0.4 is 5.32 Å².